The average Bonchev–Trinajstić information content (AvgIpc) is 1.99. The average molecular weight is 190 g/mol. The third-order valence-electron chi connectivity index (χ3n) is 0.945. The molecule has 0 atom stereocenters. The van der Waals surface area contributed by atoms with E-state index in [4.69, 9.17) is 16.9 Å². The van der Waals surface area contributed by atoms with Gasteiger partial charge in [0.1, 0.15) is 6.29 Å². The number of carbonyl (C=O) groups is 2. The molecule has 0 fully saturated rings. The maximum absolute atomic E-state index is 10.1. The van der Waals surface area contributed by atoms with E-state index in [0.717, 1.165) is 19.1 Å². The Morgan fingerprint density at radius 1 is 1.58 bits per heavy atom. The smallest absolute Gasteiger partial charge is 0.221 e. The Labute approximate surface area is 77.3 Å². The van der Waals surface area contributed by atoms with Crippen molar-refractivity contribution in [2.45, 2.75) is 32.6 Å². The molecule has 12 heavy (non-hydrogen) atoms. The van der Waals surface area contributed by atoms with E-state index in [1.165, 1.54) is 6.92 Å². The molecule has 0 N–H and O–H groups in total. The minimum atomic E-state index is -0.319. The fraction of sp³-hybridized carbons (Fsp3) is 0.625. The molecule has 0 aromatic rings. The van der Waals surface area contributed by atoms with E-state index >= 15 is 0 Å². The van der Waals surface area contributed by atoms with Crippen molar-refractivity contribution in [3.63, 3.8) is 0 Å². The van der Waals surface area contributed by atoms with Crippen LogP contribution in [0.4, 0.5) is 0 Å². The molecular weight excluding hydrogens is 178 g/mol. The van der Waals surface area contributed by atoms with Crippen molar-refractivity contribution in [1.82, 2.24) is 0 Å². The van der Waals surface area contributed by atoms with Gasteiger partial charge in [-0.3, -0.25) is 4.79 Å². The summed E-state index contributed by atoms with van der Waals surface area (Å²) in [5.41, 5.74) is 0. The lowest BCUT2D eigenvalue weighted by Gasteiger charge is -1.88. The molecule has 0 saturated heterocycles. The molecule has 0 aliphatic rings. The van der Waals surface area contributed by atoms with Crippen molar-refractivity contribution in [2.75, 3.05) is 0 Å². The summed E-state index contributed by atoms with van der Waals surface area (Å²) >= 11 is 5.03. The third-order valence-corrected chi connectivity index (χ3v) is 1.13. The molecule has 0 aromatic carbocycles. The summed E-state index contributed by atoms with van der Waals surface area (Å²) in [6.07, 6.45) is 3.25. The summed E-state index contributed by atoms with van der Waals surface area (Å²) in [5, 5.41) is 7.00. The molecule has 0 rings (SSSR count). The molecule has 3 nitrogen and oxygen atoms in total. The maximum Gasteiger partial charge on any atom is 0.221 e. The maximum atomic E-state index is 10.1. The summed E-state index contributed by atoms with van der Waals surface area (Å²) in [6.45, 7) is 1.43. The fourth-order valence-electron chi connectivity index (χ4n) is 0.492. The molecule has 0 bridgehead atoms. The fourth-order valence-corrected chi connectivity index (χ4v) is 0.625. The largest absolute Gasteiger partial charge is 0.303 e. The zero-order chi connectivity index (χ0) is 9.82. The van der Waals surface area contributed by atoms with Gasteiger partial charge in [0.25, 0.3) is 0 Å². The van der Waals surface area contributed by atoms with E-state index in [1.54, 1.807) is 6.07 Å². The first-order valence-electron chi connectivity index (χ1n) is 3.61. The van der Waals surface area contributed by atoms with Crippen molar-refractivity contribution < 1.29 is 9.59 Å². The Balaban J connectivity index is 0. The van der Waals surface area contributed by atoms with Crippen molar-refractivity contribution in [1.29, 1.82) is 5.26 Å². The van der Waals surface area contributed by atoms with Crippen molar-refractivity contribution in [3.8, 4) is 6.07 Å². The molecule has 0 unspecified atom stereocenters. The third kappa shape index (κ3) is 22.9. The summed E-state index contributed by atoms with van der Waals surface area (Å²) in [5.74, 6) is 0. The predicted octanol–water partition coefficient (Wildman–Crippen LogP) is 2.04. The van der Waals surface area contributed by atoms with Gasteiger partial charge in [0.15, 0.2) is 0 Å². The van der Waals surface area contributed by atoms with Gasteiger partial charge in [-0.2, -0.15) is 5.26 Å². The minimum Gasteiger partial charge on any atom is -0.303 e. The number of hydrogen-bond donors (Lipinski definition) is 0. The van der Waals surface area contributed by atoms with Crippen molar-refractivity contribution >= 4 is 23.1 Å². The van der Waals surface area contributed by atoms with Crippen LogP contribution >= 0.6 is 11.6 Å². The van der Waals surface area contributed by atoms with Gasteiger partial charge in [-0.05, 0) is 24.4 Å². The van der Waals surface area contributed by atoms with Gasteiger partial charge in [0.05, 0.1) is 6.07 Å². The zero-order valence-electron chi connectivity index (χ0n) is 7.05. The Morgan fingerprint density at radius 2 is 2.08 bits per heavy atom. The monoisotopic (exact) mass is 189 g/mol. The number of aldehydes is 1. The highest BCUT2D eigenvalue weighted by molar-refractivity contribution is 6.63. The molecule has 0 aliphatic heterocycles. The van der Waals surface area contributed by atoms with Crippen LogP contribution in [0.25, 0.3) is 0 Å². The Kier molecular flexibility index (Phi) is 14.6. The predicted molar refractivity (Wildman–Crippen MR) is 46.7 cm³/mol. The van der Waals surface area contributed by atoms with E-state index in [1.807, 2.05) is 0 Å². The highest BCUT2D eigenvalue weighted by atomic mass is 35.5. The lowest BCUT2D eigenvalue weighted by Crippen LogP contribution is -1.85. The SMILES string of the molecule is CC#N.O=CCCCCC(=O)Cl. The number of rotatable bonds is 5. The molecule has 68 valence electrons. The Hall–Kier alpha value is -0.880. The number of carbonyl (C=O) groups excluding carboxylic acids is 2. The van der Waals surface area contributed by atoms with Gasteiger partial charge in [-0.25, -0.2) is 0 Å². The number of nitrogens with zero attached hydrogens (tertiary/aromatic N) is 1. The molecule has 4 heteroatoms. The second-order valence-corrected chi connectivity index (χ2v) is 2.41. The van der Waals surface area contributed by atoms with Crippen LogP contribution in [-0.4, -0.2) is 11.5 Å². The first kappa shape index (κ1) is 13.7. The molecule has 0 amide bonds. The Bertz CT molecular complexity index is 163. The zero-order valence-corrected chi connectivity index (χ0v) is 7.80. The van der Waals surface area contributed by atoms with E-state index < -0.39 is 0 Å². The van der Waals surface area contributed by atoms with Gasteiger partial charge in [-0.15, -0.1) is 0 Å². The molecule has 0 heterocycles. The van der Waals surface area contributed by atoms with Crippen LogP contribution in [0.5, 0.6) is 0 Å². The Morgan fingerprint density at radius 3 is 2.42 bits per heavy atom. The molecular formula is C8H12ClNO2. The second-order valence-electron chi connectivity index (χ2n) is 1.99. The molecule has 0 aromatic heterocycles. The molecule has 0 aliphatic carbocycles. The summed E-state index contributed by atoms with van der Waals surface area (Å²) in [7, 11) is 0. The molecule has 0 spiro atoms. The van der Waals surface area contributed by atoms with Crippen molar-refractivity contribution in [3.05, 3.63) is 0 Å². The van der Waals surface area contributed by atoms with E-state index in [-0.39, 0.29) is 5.24 Å². The number of nitriles is 1. The van der Waals surface area contributed by atoms with E-state index in [0.29, 0.717) is 12.8 Å². The van der Waals surface area contributed by atoms with Crippen LogP contribution in [-0.2, 0) is 9.59 Å². The van der Waals surface area contributed by atoms with Gasteiger partial charge in [0, 0.05) is 19.8 Å². The summed E-state index contributed by atoms with van der Waals surface area (Å²) < 4.78 is 0. The van der Waals surface area contributed by atoms with Crippen LogP contribution in [0.15, 0.2) is 0 Å². The standard InChI is InChI=1S/C6H9ClO2.C2H3N/c7-6(9)4-2-1-3-5-8;1-2-3/h5H,1-4H2;1H3. The first-order valence-corrected chi connectivity index (χ1v) is 3.99. The van der Waals surface area contributed by atoms with E-state index in [2.05, 4.69) is 0 Å². The topological polar surface area (TPSA) is 57.9 Å². The van der Waals surface area contributed by atoms with E-state index in [9.17, 15) is 9.59 Å². The van der Waals surface area contributed by atoms with Crippen LogP contribution in [0, 0.1) is 11.3 Å². The normalized spacial score (nSPS) is 7.42. The minimum absolute atomic E-state index is 0.319. The van der Waals surface area contributed by atoms with Gasteiger partial charge in [-0.1, -0.05) is 0 Å². The first-order chi connectivity index (χ1) is 5.68. The van der Waals surface area contributed by atoms with Crippen LogP contribution in [0.3, 0.4) is 0 Å². The van der Waals surface area contributed by atoms with Gasteiger partial charge in [0.2, 0.25) is 5.24 Å². The second kappa shape index (κ2) is 12.8. The van der Waals surface area contributed by atoms with Gasteiger partial charge >= 0.3 is 0 Å². The van der Waals surface area contributed by atoms with Crippen LogP contribution in [0.2, 0.25) is 0 Å². The lowest BCUT2D eigenvalue weighted by molar-refractivity contribution is -0.112. The summed E-state index contributed by atoms with van der Waals surface area (Å²) in [6, 6.07) is 1.75. The molecule has 0 saturated carbocycles. The van der Waals surface area contributed by atoms with Gasteiger partial charge < -0.3 is 4.79 Å². The number of hydrogen-bond acceptors (Lipinski definition) is 3. The number of unbranched alkanes of at least 4 members (excludes halogenated alkanes) is 2. The number of halogens is 1. The quantitative estimate of drug-likeness (QED) is 0.378. The van der Waals surface area contributed by atoms with Crippen LogP contribution < -0.4 is 0 Å². The lowest BCUT2D eigenvalue weighted by atomic mass is 10.2. The molecule has 0 radical (unpaired) electrons. The van der Waals surface area contributed by atoms with Crippen molar-refractivity contribution in [2.24, 2.45) is 0 Å². The summed E-state index contributed by atoms with van der Waals surface area (Å²) in [4.78, 5) is 19.8. The highest BCUT2D eigenvalue weighted by Gasteiger charge is 1.93. The van der Waals surface area contributed by atoms with Crippen LogP contribution in [0.1, 0.15) is 32.6 Å². The highest BCUT2D eigenvalue weighted by Crippen LogP contribution is 2.00.